The zero-order chi connectivity index (χ0) is 21.1. The van der Waals surface area contributed by atoms with Gasteiger partial charge in [0.05, 0.1) is 23.1 Å². The molecule has 2 saturated heterocycles. The standard InChI is InChI=1S/C21H23ClN8/c1-2-3-4-16-17(24)19(22)28-21(27-16)30-12-15(13-30)18-20(26-8-7-25-18)29-9-5-14(11-23)6-10-29/h2-4,7-8,14-15H,1,5-6,9-10,12-13,24H2/b4-3-. The Morgan fingerprint density at radius 3 is 2.60 bits per heavy atom. The van der Waals surface area contributed by atoms with Gasteiger partial charge in [-0.15, -0.1) is 0 Å². The van der Waals surface area contributed by atoms with Crippen LogP contribution in [0.3, 0.4) is 0 Å². The number of aromatic nitrogens is 4. The van der Waals surface area contributed by atoms with Gasteiger partial charge in [-0.3, -0.25) is 4.98 Å². The molecule has 0 unspecified atom stereocenters. The van der Waals surface area contributed by atoms with Crippen molar-refractivity contribution in [2.75, 3.05) is 41.7 Å². The molecule has 0 saturated carbocycles. The van der Waals surface area contributed by atoms with Crippen molar-refractivity contribution in [3.05, 3.63) is 47.7 Å². The Balaban J connectivity index is 1.49. The molecular formula is C21H23ClN8. The van der Waals surface area contributed by atoms with Crippen molar-refractivity contribution in [3.63, 3.8) is 0 Å². The van der Waals surface area contributed by atoms with E-state index in [4.69, 9.17) is 22.6 Å². The fourth-order valence-corrected chi connectivity index (χ4v) is 3.96. The normalized spacial score (nSPS) is 17.7. The summed E-state index contributed by atoms with van der Waals surface area (Å²) >= 11 is 6.21. The Labute approximate surface area is 180 Å². The van der Waals surface area contributed by atoms with Gasteiger partial charge < -0.3 is 15.5 Å². The predicted octanol–water partition coefficient (Wildman–Crippen LogP) is 3.05. The summed E-state index contributed by atoms with van der Waals surface area (Å²) in [6.45, 7) is 6.78. The molecule has 0 atom stereocenters. The Morgan fingerprint density at radius 1 is 1.17 bits per heavy atom. The molecule has 4 heterocycles. The van der Waals surface area contributed by atoms with Crippen LogP contribution in [0.4, 0.5) is 17.5 Å². The minimum Gasteiger partial charge on any atom is -0.394 e. The van der Waals surface area contributed by atoms with Crippen LogP contribution in [-0.4, -0.2) is 46.1 Å². The summed E-state index contributed by atoms with van der Waals surface area (Å²) in [6.07, 6.45) is 10.4. The van der Waals surface area contributed by atoms with Crippen LogP contribution in [0.15, 0.2) is 31.1 Å². The molecule has 0 aromatic carbocycles. The summed E-state index contributed by atoms with van der Waals surface area (Å²) in [6, 6.07) is 2.37. The number of piperidine rings is 1. The Morgan fingerprint density at radius 2 is 1.90 bits per heavy atom. The number of hydrogen-bond donors (Lipinski definition) is 1. The average molecular weight is 423 g/mol. The molecule has 2 aromatic rings. The molecule has 2 fully saturated rings. The molecule has 0 amide bonds. The molecule has 0 aliphatic carbocycles. The first-order chi connectivity index (χ1) is 14.6. The third-order valence-electron chi connectivity index (χ3n) is 5.54. The lowest BCUT2D eigenvalue weighted by Gasteiger charge is -2.40. The Hall–Kier alpha value is -3.18. The predicted molar refractivity (Wildman–Crippen MR) is 118 cm³/mol. The van der Waals surface area contributed by atoms with Crippen LogP contribution < -0.4 is 15.5 Å². The van der Waals surface area contributed by atoms with E-state index in [1.807, 2.05) is 0 Å². The third kappa shape index (κ3) is 3.94. The first-order valence-corrected chi connectivity index (χ1v) is 10.3. The maximum atomic E-state index is 9.14. The zero-order valence-corrected chi connectivity index (χ0v) is 17.3. The molecule has 8 nitrogen and oxygen atoms in total. The van der Waals surface area contributed by atoms with E-state index in [0.717, 1.165) is 50.5 Å². The van der Waals surface area contributed by atoms with Crippen molar-refractivity contribution in [1.29, 1.82) is 5.26 Å². The second-order valence-electron chi connectivity index (χ2n) is 7.47. The van der Waals surface area contributed by atoms with Crippen molar-refractivity contribution in [1.82, 2.24) is 19.9 Å². The van der Waals surface area contributed by atoms with Gasteiger partial charge in [0.15, 0.2) is 11.0 Å². The van der Waals surface area contributed by atoms with Crippen molar-refractivity contribution in [3.8, 4) is 6.07 Å². The summed E-state index contributed by atoms with van der Waals surface area (Å²) in [5.41, 5.74) is 7.90. The third-order valence-corrected chi connectivity index (χ3v) is 5.83. The van der Waals surface area contributed by atoms with E-state index in [-0.39, 0.29) is 17.0 Å². The van der Waals surface area contributed by atoms with Crippen LogP contribution in [0.1, 0.15) is 30.1 Å². The second kappa shape index (κ2) is 8.67. The van der Waals surface area contributed by atoms with Crippen molar-refractivity contribution >= 4 is 35.1 Å². The van der Waals surface area contributed by atoms with Gasteiger partial charge in [0, 0.05) is 50.4 Å². The van der Waals surface area contributed by atoms with E-state index in [0.29, 0.717) is 17.3 Å². The minimum absolute atomic E-state index is 0.136. The highest BCUT2D eigenvalue weighted by Gasteiger charge is 2.35. The molecule has 0 spiro atoms. The fraction of sp³-hybridized carbons (Fsp3) is 0.381. The summed E-state index contributed by atoms with van der Waals surface area (Å²) in [7, 11) is 0. The number of anilines is 3. The van der Waals surface area contributed by atoms with Gasteiger partial charge in [-0.1, -0.05) is 30.3 Å². The van der Waals surface area contributed by atoms with Crippen LogP contribution >= 0.6 is 11.6 Å². The molecule has 0 radical (unpaired) electrons. The largest absolute Gasteiger partial charge is 0.394 e. The van der Waals surface area contributed by atoms with E-state index < -0.39 is 0 Å². The van der Waals surface area contributed by atoms with E-state index in [2.05, 4.69) is 42.4 Å². The van der Waals surface area contributed by atoms with Crippen molar-refractivity contribution in [2.45, 2.75) is 18.8 Å². The van der Waals surface area contributed by atoms with E-state index in [1.165, 1.54) is 0 Å². The maximum absolute atomic E-state index is 9.14. The molecule has 30 heavy (non-hydrogen) atoms. The van der Waals surface area contributed by atoms with Crippen LogP contribution in [0.5, 0.6) is 0 Å². The summed E-state index contributed by atoms with van der Waals surface area (Å²) < 4.78 is 0. The minimum atomic E-state index is 0.136. The smallest absolute Gasteiger partial charge is 0.227 e. The Kier molecular flexibility index (Phi) is 5.81. The van der Waals surface area contributed by atoms with Crippen LogP contribution in [0.2, 0.25) is 5.15 Å². The first kappa shape index (κ1) is 20.1. The number of halogens is 1. The molecule has 9 heteroatoms. The van der Waals surface area contributed by atoms with Gasteiger partial charge in [0.25, 0.3) is 0 Å². The highest BCUT2D eigenvalue weighted by Crippen LogP contribution is 2.35. The lowest BCUT2D eigenvalue weighted by atomic mass is 9.94. The number of nitrogens with zero attached hydrogens (tertiary/aromatic N) is 7. The topological polar surface area (TPSA) is 108 Å². The monoisotopic (exact) mass is 422 g/mol. The first-order valence-electron chi connectivity index (χ1n) is 9.93. The number of hydrogen-bond acceptors (Lipinski definition) is 8. The number of rotatable bonds is 5. The van der Waals surface area contributed by atoms with Crippen molar-refractivity contribution in [2.24, 2.45) is 5.92 Å². The van der Waals surface area contributed by atoms with Crippen LogP contribution in [0, 0.1) is 17.2 Å². The Bertz CT molecular complexity index is 1000. The van der Waals surface area contributed by atoms with Gasteiger partial charge in [-0.2, -0.15) is 10.2 Å². The number of nitriles is 1. The van der Waals surface area contributed by atoms with Gasteiger partial charge in [0.2, 0.25) is 5.95 Å². The lowest BCUT2D eigenvalue weighted by molar-refractivity contribution is 0.472. The van der Waals surface area contributed by atoms with E-state index in [9.17, 15) is 0 Å². The second-order valence-corrected chi connectivity index (χ2v) is 7.82. The van der Waals surface area contributed by atoms with Crippen molar-refractivity contribution < 1.29 is 0 Å². The molecule has 2 aliphatic rings. The maximum Gasteiger partial charge on any atom is 0.227 e. The number of nitrogen functional groups attached to an aromatic ring is 1. The van der Waals surface area contributed by atoms with Gasteiger partial charge in [-0.05, 0) is 18.9 Å². The van der Waals surface area contributed by atoms with Gasteiger partial charge in [-0.25, -0.2) is 9.97 Å². The molecule has 4 rings (SSSR count). The number of allylic oxidation sites excluding steroid dienone is 2. The van der Waals surface area contributed by atoms with Crippen LogP contribution in [-0.2, 0) is 0 Å². The van der Waals surface area contributed by atoms with Gasteiger partial charge >= 0.3 is 0 Å². The fourth-order valence-electron chi connectivity index (χ4n) is 3.78. The molecule has 2 aromatic heterocycles. The summed E-state index contributed by atoms with van der Waals surface area (Å²) in [5.74, 6) is 1.84. The summed E-state index contributed by atoms with van der Waals surface area (Å²) in [5, 5.41) is 9.38. The molecule has 2 N–H and O–H groups in total. The van der Waals surface area contributed by atoms with Gasteiger partial charge in [0.1, 0.15) is 0 Å². The molecular weight excluding hydrogens is 400 g/mol. The highest BCUT2D eigenvalue weighted by atomic mass is 35.5. The highest BCUT2D eigenvalue weighted by molar-refractivity contribution is 6.32. The van der Waals surface area contributed by atoms with E-state index in [1.54, 1.807) is 30.6 Å². The SMILES string of the molecule is C=C/C=C\c1nc(N2CC(c3nccnc3N3CCC(C#N)CC3)C2)nc(Cl)c1N. The molecule has 154 valence electrons. The lowest BCUT2D eigenvalue weighted by Crippen LogP contribution is -2.47. The van der Waals surface area contributed by atoms with Crippen LogP contribution in [0.25, 0.3) is 6.08 Å². The molecule has 2 aliphatic heterocycles. The quantitative estimate of drug-likeness (QED) is 0.578. The average Bonchev–Trinajstić information content (AvgIpc) is 2.74. The molecule has 0 bridgehead atoms. The number of nitrogens with two attached hydrogens (primary N) is 1. The summed E-state index contributed by atoms with van der Waals surface area (Å²) in [4.78, 5) is 22.4. The zero-order valence-electron chi connectivity index (χ0n) is 16.6. The van der Waals surface area contributed by atoms with E-state index >= 15 is 0 Å².